The summed E-state index contributed by atoms with van der Waals surface area (Å²) in [6.45, 7) is 12.6. The summed E-state index contributed by atoms with van der Waals surface area (Å²) >= 11 is 0. The maximum absolute atomic E-state index is 13.5. The van der Waals surface area contributed by atoms with Crippen LogP contribution in [0.3, 0.4) is 0 Å². The number of hydrogen-bond donors (Lipinski definition) is 1. The quantitative estimate of drug-likeness (QED) is 0.0532. The molecule has 0 aliphatic heterocycles. The van der Waals surface area contributed by atoms with Gasteiger partial charge in [0.25, 0.3) is 0 Å². The Morgan fingerprint density at radius 2 is 1.53 bits per heavy atom. The van der Waals surface area contributed by atoms with E-state index in [1.807, 2.05) is 65.0 Å². The zero-order chi connectivity index (χ0) is 32.4. The second-order valence-electron chi connectivity index (χ2n) is 12.6. The largest absolute Gasteiger partial charge is 0.512 e. The van der Waals surface area contributed by atoms with Crippen LogP contribution in [-0.4, -0.2) is 22.1 Å². The Labute approximate surface area is 278 Å². The van der Waals surface area contributed by atoms with Gasteiger partial charge in [-0.2, -0.15) is 13.2 Å². The summed E-state index contributed by atoms with van der Waals surface area (Å²) in [5, 5.41) is 16.8. The molecule has 0 unspecified atom stereocenters. The van der Waals surface area contributed by atoms with Crippen molar-refractivity contribution in [2.75, 3.05) is 0 Å². The van der Waals surface area contributed by atoms with Crippen LogP contribution in [-0.2, 0) is 31.3 Å². The molecule has 5 rings (SSSR count). The first kappa shape index (κ1) is 36.4. The number of aliphatic hydroxyl groups excluding tert-OH is 1. The number of allylic oxidation sites excluding steroid dienone is 2. The molecule has 0 spiro atoms. The molecule has 0 saturated heterocycles. The van der Waals surface area contributed by atoms with Gasteiger partial charge >= 0.3 is 6.18 Å². The first-order valence-electron chi connectivity index (χ1n) is 15.6. The minimum absolute atomic E-state index is 0. The molecule has 0 aliphatic carbocycles. The van der Waals surface area contributed by atoms with Crippen molar-refractivity contribution in [1.29, 1.82) is 0 Å². The van der Waals surface area contributed by atoms with Crippen LogP contribution in [0.2, 0.25) is 0 Å². The first-order valence-corrected chi connectivity index (χ1v) is 15.6. The fraction of sp³-hybridized carbons (Fsp3) is 0.421. The second-order valence-corrected chi connectivity index (χ2v) is 12.6. The molecule has 1 aromatic heterocycles. The number of nitrogens with zero attached hydrogens (tertiary/aromatic N) is 1. The van der Waals surface area contributed by atoms with E-state index in [0.717, 1.165) is 74.5 Å². The van der Waals surface area contributed by atoms with Crippen LogP contribution in [0.15, 0.2) is 60.5 Å². The fourth-order valence-corrected chi connectivity index (χ4v) is 6.17. The van der Waals surface area contributed by atoms with Crippen molar-refractivity contribution in [3.63, 3.8) is 0 Å². The number of halogens is 3. The van der Waals surface area contributed by atoms with Gasteiger partial charge < -0.3 is 10.1 Å². The molecule has 7 heteroatoms. The molecule has 0 atom stereocenters. The van der Waals surface area contributed by atoms with Gasteiger partial charge in [0.1, 0.15) is 0 Å². The Morgan fingerprint density at radius 3 is 2.13 bits per heavy atom. The smallest absolute Gasteiger partial charge is 0.394 e. The molecular formula is C38H43F3IrNO2-. The van der Waals surface area contributed by atoms with Gasteiger partial charge in [-0.3, -0.25) is 4.79 Å². The summed E-state index contributed by atoms with van der Waals surface area (Å²) in [4.78, 5) is 16.4. The predicted molar refractivity (Wildman–Crippen MR) is 176 cm³/mol. The summed E-state index contributed by atoms with van der Waals surface area (Å²) < 4.78 is 40.5. The maximum atomic E-state index is 13.5. The van der Waals surface area contributed by atoms with Crippen molar-refractivity contribution in [3.05, 3.63) is 77.7 Å². The van der Waals surface area contributed by atoms with E-state index in [4.69, 9.17) is 0 Å². The third kappa shape index (κ3) is 7.52. The van der Waals surface area contributed by atoms with Crippen LogP contribution in [0.25, 0.3) is 43.2 Å². The number of rotatable bonds is 9. The average molecular weight is 795 g/mol. The van der Waals surface area contributed by atoms with E-state index in [-0.39, 0.29) is 49.9 Å². The number of carbonyl (C=O) groups excluding carboxylic acids is 1. The van der Waals surface area contributed by atoms with Crippen LogP contribution in [0.1, 0.15) is 78.4 Å². The van der Waals surface area contributed by atoms with Crippen LogP contribution in [0.4, 0.5) is 13.2 Å². The third-order valence-electron chi connectivity index (χ3n) is 8.99. The SMILES string of the molecule is CCC(CC)C(=O)/C=C(\O)C(CC)CC.Cc1[c-]c2c3nccc4cc(CC(C)(C)C(F)(F)F)cc(c5cccc(c1)c25)c43.[Ir]. The number of aliphatic hydroxyl groups is 1. The summed E-state index contributed by atoms with van der Waals surface area (Å²) in [7, 11) is 0. The van der Waals surface area contributed by atoms with Crippen LogP contribution < -0.4 is 0 Å². The molecule has 1 radical (unpaired) electrons. The number of aromatic nitrogens is 1. The van der Waals surface area contributed by atoms with Crippen LogP contribution in [0.5, 0.6) is 0 Å². The maximum Gasteiger partial charge on any atom is 0.394 e. The predicted octanol–water partition coefficient (Wildman–Crippen LogP) is 11.2. The van der Waals surface area contributed by atoms with Crippen molar-refractivity contribution in [3.8, 4) is 0 Å². The van der Waals surface area contributed by atoms with Crippen molar-refractivity contribution in [2.45, 2.75) is 86.7 Å². The molecular weight excluding hydrogens is 752 g/mol. The van der Waals surface area contributed by atoms with Crippen molar-refractivity contribution in [1.82, 2.24) is 4.98 Å². The Morgan fingerprint density at radius 1 is 0.911 bits per heavy atom. The Bertz CT molecular complexity index is 1800. The number of hydrogen-bond acceptors (Lipinski definition) is 3. The van der Waals surface area contributed by atoms with Crippen molar-refractivity contribution < 1.29 is 43.2 Å². The van der Waals surface area contributed by atoms with Gasteiger partial charge in [-0.15, -0.1) is 28.5 Å². The van der Waals surface area contributed by atoms with Gasteiger partial charge in [0.2, 0.25) is 0 Å². The average Bonchev–Trinajstić information content (AvgIpc) is 2.96. The summed E-state index contributed by atoms with van der Waals surface area (Å²) in [5.74, 6) is 0.547. The topological polar surface area (TPSA) is 50.2 Å². The molecule has 0 saturated carbocycles. The molecule has 4 aromatic carbocycles. The van der Waals surface area contributed by atoms with Crippen molar-refractivity contribution in [2.24, 2.45) is 17.3 Å². The Kier molecular flexibility index (Phi) is 11.8. The molecule has 45 heavy (non-hydrogen) atoms. The number of fused-ring (bicyclic) bond motifs is 2. The zero-order valence-electron chi connectivity index (χ0n) is 27.2. The number of ketones is 1. The number of benzene rings is 4. The number of alkyl halides is 3. The van der Waals surface area contributed by atoms with Gasteiger partial charge in [-0.05, 0) is 65.4 Å². The van der Waals surface area contributed by atoms with Gasteiger partial charge in [0.05, 0.1) is 11.2 Å². The van der Waals surface area contributed by atoms with Crippen LogP contribution >= 0.6 is 0 Å². The standard InChI is InChI=1S/C25H19F3N.C13H24O2.Ir/c1-14-9-16-5-4-6-18-19-12-15(13-24(2,3)25(26,27)28)11-17-7-8-29-23(22(17)19)20(10-14)21(16)18;1-5-10(6-2)12(14)9-13(15)11(7-3)8-4;/h4-9,11-12H,13H2,1-3H3;9-11,14H,5-8H2,1-4H3;/q-1;;/b;12-9-;. The summed E-state index contributed by atoms with van der Waals surface area (Å²) in [5.41, 5.74) is 0.776. The molecule has 1 heterocycles. The minimum atomic E-state index is -4.26. The molecule has 243 valence electrons. The van der Waals surface area contributed by atoms with Gasteiger partial charge in [-0.1, -0.05) is 89.6 Å². The Balaban J connectivity index is 0.000000297. The van der Waals surface area contributed by atoms with Crippen molar-refractivity contribution >= 4 is 49.0 Å². The second kappa shape index (κ2) is 14.6. The third-order valence-corrected chi connectivity index (χ3v) is 8.99. The summed E-state index contributed by atoms with van der Waals surface area (Å²) in [6.07, 6.45) is 2.31. The van der Waals surface area contributed by atoms with E-state index in [2.05, 4.69) is 23.2 Å². The van der Waals surface area contributed by atoms with E-state index < -0.39 is 11.6 Å². The van der Waals surface area contributed by atoms with E-state index >= 15 is 0 Å². The van der Waals surface area contributed by atoms with Crippen LogP contribution in [0, 0.1) is 30.2 Å². The monoisotopic (exact) mass is 795 g/mol. The molecule has 0 amide bonds. The summed E-state index contributed by atoms with van der Waals surface area (Å²) in [6, 6.07) is 17.3. The van der Waals surface area contributed by atoms with E-state index in [0.29, 0.717) is 5.56 Å². The zero-order valence-corrected chi connectivity index (χ0v) is 29.6. The fourth-order valence-electron chi connectivity index (χ4n) is 6.17. The molecule has 0 bridgehead atoms. The Hall–Kier alpha value is -3.02. The normalized spacial score (nSPS) is 12.8. The molecule has 5 aromatic rings. The van der Waals surface area contributed by atoms with E-state index in [9.17, 15) is 23.1 Å². The minimum Gasteiger partial charge on any atom is -0.512 e. The number of pyridine rings is 1. The molecule has 0 aliphatic rings. The van der Waals surface area contributed by atoms with Gasteiger partial charge in [0.15, 0.2) is 5.78 Å². The molecule has 1 N–H and O–H groups in total. The number of carbonyl (C=O) groups is 1. The molecule has 0 fully saturated rings. The van der Waals surface area contributed by atoms with E-state index in [1.54, 1.807) is 6.20 Å². The number of aryl methyl sites for hydroxylation is 1. The van der Waals surface area contributed by atoms with E-state index in [1.165, 1.54) is 19.9 Å². The van der Waals surface area contributed by atoms with Gasteiger partial charge in [0, 0.05) is 44.2 Å². The first-order chi connectivity index (χ1) is 20.8. The molecule has 3 nitrogen and oxygen atoms in total. The van der Waals surface area contributed by atoms with Gasteiger partial charge in [-0.25, -0.2) is 0 Å².